The molecule has 1 unspecified atom stereocenters. The standard InChI is InChI=1S/C14H12NO5/c16-14(20-13-4-2-1-3-5-13)19-10-11-6-8-12(9-7-11)15(17)18/h1-9,14H,10H2. The van der Waals surface area contributed by atoms with Gasteiger partial charge in [-0.2, -0.15) is 5.11 Å². The number of nitro benzene ring substituents is 1. The largest absolute Gasteiger partial charge is 0.440 e. The summed E-state index contributed by atoms with van der Waals surface area (Å²) < 4.78 is 10.00. The number of non-ortho nitro benzene ring substituents is 1. The van der Waals surface area contributed by atoms with Crippen molar-refractivity contribution in [3.8, 4) is 5.75 Å². The summed E-state index contributed by atoms with van der Waals surface area (Å²) in [4.78, 5) is 10.00. The van der Waals surface area contributed by atoms with Crippen LogP contribution in [-0.4, -0.2) is 11.4 Å². The van der Waals surface area contributed by atoms with Crippen LogP contribution in [0.15, 0.2) is 54.6 Å². The maximum absolute atomic E-state index is 11.5. The van der Waals surface area contributed by atoms with E-state index in [4.69, 9.17) is 9.47 Å². The Bertz CT molecular complexity index is 556. The maximum Gasteiger partial charge on any atom is 0.344 e. The lowest BCUT2D eigenvalue weighted by Gasteiger charge is -2.12. The van der Waals surface area contributed by atoms with Crippen molar-refractivity contribution in [2.75, 3.05) is 0 Å². The molecule has 0 heterocycles. The Balaban J connectivity index is 1.84. The smallest absolute Gasteiger partial charge is 0.344 e. The third kappa shape index (κ3) is 4.04. The number of hydrogen-bond acceptors (Lipinski definition) is 4. The van der Waals surface area contributed by atoms with Gasteiger partial charge in [0, 0.05) is 12.1 Å². The fraction of sp³-hybridized carbons (Fsp3) is 0.143. The Morgan fingerprint density at radius 2 is 1.70 bits per heavy atom. The third-order valence-corrected chi connectivity index (χ3v) is 2.51. The van der Waals surface area contributed by atoms with Crippen molar-refractivity contribution >= 4 is 5.69 Å². The summed E-state index contributed by atoms with van der Waals surface area (Å²) >= 11 is 0. The molecule has 0 N–H and O–H groups in total. The lowest BCUT2D eigenvalue weighted by molar-refractivity contribution is -0.384. The van der Waals surface area contributed by atoms with Crippen LogP contribution >= 0.6 is 0 Å². The number of rotatable bonds is 6. The molecule has 0 aliphatic rings. The van der Waals surface area contributed by atoms with Crippen LogP contribution < -0.4 is 4.74 Å². The minimum absolute atomic E-state index is 0.00652. The summed E-state index contributed by atoms with van der Waals surface area (Å²) in [5, 5.41) is 22.0. The zero-order valence-electron chi connectivity index (χ0n) is 10.5. The highest BCUT2D eigenvalue weighted by Crippen LogP contribution is 2.14. The molecule has 20 heavy (non-hydrogen) atoms. The Morgan fingerprint density at radius 3 is 2.30 bits per heavy atom. The molecule has 0 amide bonds. The van der Waals surface area contributed by atoms with Crippen molar-refractivity contribution in [2.24, 2.45) is 0 Å². The molecular weight excluding hydrogens is 262 g/mol. The zero-order chi connectivity index (χ0) is 14.4. The first kappa shape index (κ1) is 14.0. The molecule has 0 saturated carbocycles. The molecule has 2 aromatic rings. The number of nitrogens with zero attached hydrogens (tertiary/aromatic N) is 1. The maximum atomic E-state index is 11.5. The van der Waals surface area contributed by atoms with Gasteiger partial charge in [0.2, 0.25) is 0 Å². The summed E-state index contributed by atoms with van der Waals surface area (Å²) in [5.41, 5.74) is 0.654. The Kier molecular flexibility index (Phi) is 4.65. The van der Waals surface area contributed by atoms with Crippen molar-refractivity contribution in [2.45, 2.75) is 13.1 Å². The average Bonchev–Trinajstić information content (AvgIpc) is 2.46. The average molecular weight is 274 g/mol. The molecule has 6 heteroatoms. The number of nitro groups is 1. The predicted octanol–water partition coefficient (Wildman–Crippen LogP) is 2.90. The van der Waals surface area contributed by atoms with E-state index in [1.54, 1.807) is 24.3 Å². The molecule has 0 aliphatic heterocycles. The second-order valence-corrected chi connectivity index (χ2v) is 3.95. The van der Waals surface area contributed by atoms with Crippen molar-refractivity contribution in [3.63, 3.8) is 0 Å². The van der Waals surface area contributed by atoms with Crippen LogP contribution in [-0.2, 0) is 16.5 Å². The summed E-state index contributed by atoms with van der Waals surface area (Å²) in [5.74, 6) is 0.427. The highest BCUT2D eigenvalue weighted by atomic mass is 16.8. The highest BCUT2D eigenvalue weighted by molar-refractivity contribution is 5.32. The summed E-state index contributed by atoms with van der Waals surface area (Å²) in [7, 11) is 0. The first-order valence-electron chi connectivity index (χ1n) is 5.87. The normalized spacial score (nSPS) is 11.8. The number of hydrogen-bond donors (Lipinski definition) is 0. The van der Waals surface area contributed by atoms with Gasteiger partial charge in [0.05, 0.1) is 11.5 Å². The molecule has 0 saturated heterocycles. The van der Waals surface area contributed by atoms with E-state index in [1.165, 1.54) is 24.3 Å². The molecule has 2 aromatic carbocycles. The second-order valence-electron chi connectivity index (χ2n) is 3.95. The van der Waals surface area contributed by atoms with Crippen LogP contribution in [0.1, 0.15) is 5.56 Å². The van der Waals surface area contributed by atoms with Gasteiger partial charge in [0.25, 0.3) is 5.69 Å². The summed E-state index contributed by atoms with van der Waals surface area (Å²) in [6.45, 7) is -1.62. The van der Waals surface area contributed by atoms with Crippen molar-refractivity contribution < 1.29 is 19.5 Å². The minimum Gasteiger partial charge on any atom is -0.440 e. The van der Waals surface area contributed by atoms with Crippen LogP contribution in [0.5, 0.6) is 5.75 Å². The first-order valence-corrected chi connectivity index (χ1v) is 5.87. The van der Waals surface area contributed by atoms with E-state index in [9.17, 15) is 15.2 Å². The molecule has 0 fully saturated rings. The van der Waals surface area contributed by atoms with Crippen LogP contribution in [0, 0.1) is 10.1 Å². The van der Waals surface area contributed by atoms with Crippen LogP contribution in [0.2, 0.25) is 0 Å². The number of para-hydroxylation sites is 1. The van der Waals surface area contributed by atoms with Gasteiger partial charge in [-0.25, -0.2) is 0 Å². The van der Waals surface area contributed by atoms with E-state index in [-0.39, 0.29) is 12.3 Å². The van der Waals surface area contributed by atoms with E-state index >= 15 is 0 Å². The van der Waals surface area contributed by atoms with Gasteiger partial charge in [-0.3, -0.25) is 10.1 Å². The van der Waals surface area contributed by atoms with Gasteiger partial charge in [-0.1, -0.05) is 18.2 Å². The lowest BCUT2D eigenvalue weighted by Crippen LogP contribution is -2.17. The Morgan fingerprint density at radius 1 is 1.05 bits per heavy atom. The van der Waals surface area contributed by atoms with E-state index in [0.717, 1.165) is 0 Å². The highest BCUT2D eigenvalue weighted by Gasteiger charge is 2.09. The molecule has 1 radical (unpaired) electrons. The molecular formula is C14H12NO5. The lowest BCUT2D eigenvalue weighted by atomic mass is 10.2. The van der Waals surface area contributed by atoms with Gasteiger partial charge >= 0.3 is 6.48 Å². The zero-order valence-corrected chi connectivity index (χ0v) is 10.5. The molecule has 0 aliphatic carbocycles. The van der Waals surface area contributed by atoms with E-state index < -0.39 is 11.4 Å². The van der Waals surface area contributed by atoms with E-state index in [2.05, 4.69) is 0 Å². The number of ether oxygens (including phenoxy) is 2. The van der Waals surface area contributed by atoms with Gasteiger partial charge < -0.3 is 9.47 Å². The molecule has 2 rings (SSSR count). The van der Waals surface area contributed by atoms with E-state index in [0.29, 0.717) is 11.3 Å². The Labute approximate surface area is 115 Å². The SMILES string of the molecule is [O]C(OCc1ccc([N+](=O)[O-])cc1)Oc1ccccc1. The molecule has 6 nitrogen and oxygen atoms in total. The molecule has 0 spiro atoms. The topological polar surface area (TPSA) is 81.5 Å². The van der Waals surface area contributed by atoms with Gasteiger partial charge in [-0.15, -0.1) is 0 Å². The molecule has 1 atom stereocenters. The monoisotopic (exact) mass is 274 g/mol. The van der Waals surface area contributed by atoms with Gasteiger partial charge in [0.15, 0.2) is 0 Å². The van der Waals surface area contributed by atoms with E-state index in [1.807, 2.05) is 6.07 Å². The minimum atomic E-state index is -1.65. The van der Waals surface area contributed by atoms with Crippen LogP contribution in [0.25, 0.3) is 0 Å². The van der Waals surface area contributed by atoms with Crippen LogP contribution in [0.3, 0.4) is 0 Å². The van der Waals surface area contributed by atoms with Crippen molar-refractivity contribution in [1.82, 2.24) is 0 Å². The molecule has 103 valence electrons. The quantitative estimate of drug-likeness (QED) is 0.460. The van der Waals surface area contributed by atoms with Crippen molar-refractivity contribution in [3.05, 3.63) is 70.3 Å². The predicted molar refractivity (Wildman–Crippen MR) is 69.4 cm³/mol. The summed E-state index contributed by atoms with van der Waals surface area (Å²) in [6, 6.07) is 14.4. The van der Waals surface area contributed by atoms with Crippen molar-refractivity contribution in [1.29, 1.82) is 0 Å². The molecule has 0 aromatic heterocycles. The van der Waals surface area contributed by atoms with Gasteiger partial charge in [-0.05, 0) is 29.8 Å². The third-order valence-electron chi connectivity index (χ3n) is 2.51. The van der Waals surface area contributed by atoms with Crippen LogP contribution in [0.4, 0.5) is 5.69 Å². The fourth-order valence-corrected chi connectivity index (χ4v) is 1.52. The molecule has 0 bridgehead atoms. The first-order chi connectivity index (χ1) is 9.65. The summed E-state index contributed by atoms with van der Waals surface area (Å²) in [6.07, 6.45) is 0. The van der Waals surface area contributed by atoms with Gasteiger partial charge in [0.1, 0.15) is 5.75 Å². The number of benzene rings is 2. The Hall–Kier alpha value is -2.44. The second kappa shape index (κ2) is 6.65. The fourth-order valence-electron chi connectivity index (χ4n) is 1.52.